The van der Waals surface area contributed by atoms with Crippen molar-refractivity contribution in [1.82, 2.24) is 0 Å². The van der Waals surface area contributed by atoms with Gasteiger partial charge in [-0.1, -0.05) is 44.8 Å². The highest BCUT2D eigenvalue weighted by atomic mass is 16.7. The second-order valence-electron chi connectivity index (χ2n) is 12.3. The van der Waals surface area contributed by atoms with Crippen LogP contribution in [-0.4, -0.2) is 52.5 Å². The van der Waals surface area contributed by atoms with Crippen molar-refractivity contribution >= 4 is 11.6 Å². The maximum Gasteiger partial charge on any atom is 0.193 e. The van der Waals surface area contributed by atoms with E-state index in [1.54, 1.807) is 12.2 Å². The molecule has 0 aromatic carbocycles. The third-order valence-corrected chi connectivity index (χ3v) is 10.8. The molecule has 1 aliphatic heterocycles. The second kappa shape index (κ2) is 7.83. The van der Waals surface area contributed by atoms with Gasteiger partial charge >= 0.3 is 0 Å². The number of ether oxygens (including phenoxy) is 2. The van der Waals surface area contributed by atoms with E-state index in [-0.39, 0.29) is 46.8 Å². The molecule has 4 saturated carbocycles. The first-order chi connectivity index (χ1) is 16.2. The first-order valence-corrected chi connectivity index (χ1v) is 13.3. The van der Waals surface area contributed by atoms with Crippen LogP contribution < -0.4 is 0 Å². The van der Waals surface area contributed by atoms with Crippen molar-refractivity contribution in [3.63, 3.8) is 0 Å². The molecular formula is C28H38O6. The smallest absolute Gasteiger partial charge is 0.193 e. The molecule has 6 heteroatoms. The fraction of sp³-hybridized carbons (Fsp3) is 0.786. The largest absolute Gasteiger partial charge is 0.393 e. The van der Waals surface area contributed by atoms with E-state index in [4.69, 9.17) is 9.47 Å². The molecule has 9 atom stereocenters. The third-order valence-electron chi connectivity index (χ3n) is 10.8. The molecule has 6 nitrogen and oxygen atoms in total. The Kier molecular flexibility index (Phi) is 5.31. The number of rotatable bonds is 3. The summed E-state index contributed by atoms with van der Waals surface area (Å²) in [4.78, 5) is 25.6. The molecular weight excluding hydrogens is 432 g/mol. The van der Waals surface area contributed by atoms with Crippen LogP contribution in [0.15, 0.2) is 23.8 Å². The molecule has 6 rings (SSSR count). The lowest BCUT2D eigenvalue weighted by molar-refractivity contribution is -0.209. The van der Waals surface area contributed by atoms with Gasteiger partial charge in [-0.25, -0.2) is 0 Å². The fourth-order valence-corrected chi connectivity index (χ4v) is 9.33. The van der Waals surface area contributed by atoms with Crippen LogP contribution in [0.25, 0.3) is 0 Å². The summed E-state index contributed by atoms with van der Waals surface area (Å²) in [5.41, 5.74) is -1.04. The molecule has 0 bridgehead atoms. The Morgan fingerprint density at radius 1 is 1.18 bits per heavy atom. The van der Waals surface area contributed by atoms with Crippen molar-refractivity contribution < 1.29 is 29.3 Å². The Morgan fingerprint density at radius 3 is 2.68 bits per heavy atom. The van der Waals surface area contributed by atoms with Crippen molar-refractivity contribution in [3.8, 4) is 0 Å². The molecule has 5 fully saturated rings. The topological polar surface area (TPSA) is 93.1 Å². The Morgan fingerprint density at radius 2 is 1.94 bits per heavy atom. The van der Waals surface area contributed by atoms with Crippen molar-refractivity contribution in [2.45, 2.75) is 95.7 Å². The maximum absolute atomic E-state index is 13.5. The lowest BCUT2D eigenvalue weighted by Crippen LogP contribution is -2.63. The minimum atomic E-state index is -1.20. The summed E-state index contributed by atoms with van der Waals surface area (Å²) in [5, 5.41) is 21.7. The molecule has 0 aromatic heterocycles. The van der Waals surface area contributed by atoms with Gasteiger partial charge in [0.05, 0.1) is 12.2 Å². The molecule has 34 heavy (non-hydrogen) atoms. The van der Waals surface area contributed by atoms with Crippen LogP contribution in [-0.2, 0) is 19.1 Å². The zero-order chi connectivity index (χ0) is 23.9. The summed E-state index contributed by atoms with van der Waals surface area (Å²) in [6.07, 6.45) is 12.5. The summed E-state index contributed by atoms with van der Waals surface area (Å²) in [6, 6.07) is 0. The minimum absolute atomic E-state index is 0.0100. The van der Waals surface area contributed by atoms with Crippen LogP contribution in [0, 0.1) is 34.5 Å². The molecule has 5 aliphatic carbocycles. The van der Waals surface area contributed by atoms with Crippen molar-refractivity contribution in [2.24, 2.45) is 34.5 Å². The summed E-state index contributed by atoms with van der Waals surface area (Å²) in [5.74, 6) is 0.360. The van der Waals surface area contributed by atoms with Crippen molar-refractivity contribution in [3.05, 3.63) is 23.8 Å². The van der Waals surface area contributed by atoms with E-state index in [0.717, 1.165) is 50.5 Å². The summed E-state index contributed by atoms with van der Waals surface area (Å²) < 4.78 is 13.3. The first kappa shape index (κ1) is 23.1. The van der Waals surface area contributed by atoms with Gasteiger partial charge in [-0.15, -0.1) is 0 Å². The fourth-order valence-electron chi connectivity index (χ4n) is 9.33. The first-order valence-electron chi connectivity index (χ1n) is 13.3. The Bertz CT molecular complexity index is 949. The quantitative estimate of drug-likeness (QED) is 0.656. The second-order valence-corrected chi connectivity index (χ2v) is 12.3. The van der Waals surface area contributed by atoms with E-state index >= 15 is 0 Å². The normalized spacial score (nSPS) is 50.2. The van der Waals surface area contributed by atoms with Gasteiger partial charge in [-0.3, -0.25) is 9.59 Å². The van der Waals surface area contributed by atoms with Crippen LogP contribution in [0.1, 0.15) is 71.6 Å². The van der Waals surface area contributed by atoms with E-state index in [0.29, 0.717) is 6.42 Å². The van der Waals surface area contributed by atoms with Gasteiger partial charge in [-0.05, 0) is 62.5 Å². The number of fused-ring (bicyclic) bond motifs is 7. The Balaban J connectivity index is 1.37. The number of aliphatic hydroxyl groups is 2. The van der Waals surface area contributed by atoms with Gasteiger partial charge in [0, 0.05) is 22.7 Å². The molecule has 0 amide bonds. The lowest BCUT2D eigenvalue weighted by Gasteiger charge is -2.59. The van der Waals surface area contributed by atoms with Gasteiger partial charge in [0.25, 0.3) is 0 Å². The van der Waals surface area contributed by atoms with Gasteiger partial charge in [-0.2, -0.15) is 0 Å². The van der Waals surface area contributed by atoms with Crippen molar-refractivity contribution in [1.29, 1.82) is 0 Å². The van der Waals surface area contributed by atoms with Crippen LogP contribution in [0.3, 0.4) is 0 Å². The van der Waals surface area contributed by atoms with Crippen molar-refractivity contribution in [2.75, 3.05) is 6.61 Å². The number of carbonyl (C=O) groups is 2. The predicted molar refractivity (Wildman–Crippen MR) is 125 cm³/mol. The molecule has 0 aromatic rings. The molecule has 6 aliphatic rings. The standard InChI is InChI=1S/C28H38O6/c1-26-11-10-18(30)12-17(26)8-9-19-20-13-23-28(22(32)15-29,27(20,2)14-21(31)24(19)26)34-25(33-23)16-6-4-3-5-7-16/h10-12,16,19-21,23-25,29,31H,3-9,13-15H2,1-2H3/t19-,20-,21-,23+,24-,25+,26-,27-,28+/m0/s1. The average Bonchev–Trinajstić information content (AvgIpc) is 3.32. The molecule has 1 saturated heterocycles. The zero-order valence-electron chi connectivity index (χ0n) is 20.4. The third kappa shape index (κ3) is 2.89. The van der Waals surface area contributed by atoms with E-state index in [1.807, 2.05) is 6.08 Å². The average molecular weight is 471 g/mol. The Hall–Kier alpha value is -1.34. The van der Waals surface area contributed by atoms with E-state index in [2.05, 4.69) is 13.8 Å². The molecule has 0 unspecified atom stereocenters. The zero-order valence-corrected chi connectivity index (χ0v) is 20.4. The monoisotopic (exact) mass is 470 g/mol. The number of ketones is 2. The molecule has 0 spiro atoms. The number of hydrogen-bond acceptors (Lipinski definition) is 6. The van der Waals surface area contributed by atoms with Gasteiger partial charge < -0.3 is 19.7 Å². The number of Topliss-reactive ketones (excluding diaryl/α,β-unsaturated/α-hetero) is 1. The van der Waals surface area contributed by atoms with Gasteiger partial charge in [0.1, 0.15) is 6.61 Å². The molecule has 2 N–H and O–H groups in total. The van der Waals surface area contributed by atoms with Gasteiger partial charge in [0.15, 0.2) is 23.5 Å². The number of allylic oxidation sites excluding steroid dienone is 4. The minimum Gasteiger partial charge on any atom is -0.393 e. The van der Waals surface area contributed by atoms with Crippen LogP contribution in [0.2, 0.25) is 0 Å². The SMILES string of the molecule is C[C@]12C=CC(=O)C=C1CC[C@@H]1[C@H]2[C@@H](O)C[C@@]2(C)[C@H]1C[C@H]1O[C@@H](C3CCCCC3)O[C@]12C(=O)CO. The highest BCUT2D eigenvalue weighted by Gasteiger charge is 2.76. The van der Waals surface area contributed by atoms with Crippen LogP contribution in [0.5, 0.6) is 0 Å². The van der Waals surface area contributed by atoms with Crippen LogP contribution >= 0.6 is 0 Å². The lowest BCUT2D eigenvalue weighted by atomic mass is 9.46. The highest BCUT2D eigenvalue weighted by molar-refractivity contribution is 6.01. The van der Waals surface area contributed by atoms with E-state index in [9.17, 15) is 19.8 Å². The van der Waals surface area contributed by atoms with E-state index < -0.39 is 30.0 Å². The molecule has 1 heterocycles. The molecule has 186 valence electrons. The number of carbonyl (C=O) groups excluding carboxylic acids is 2. The van der Waals surface area contributed by atoms with E-state index in [1.165, 1.54) is 6.42 Å². The Labute approximate surface area is 201 Å². The number of aliphatic hydroxyl groups excluding tert-OH is 2. The summed E-state index contributed by atoms with van der Waals surface area (Å²) >= 11 is 0. The van der Waals surface area contributed by atoms with Crippen LogP contribution in [0.4, 0.5) is 0 Å². The molecule has 0 radical (unpaired) electrons. The highest BCUT2D eigenvalue weighted by Crippen LogP contribution is 2.70. The summed E-state index contributed by atoms with van der Waals surface area (Å²) in [7, 11) is 0. The summed E-state index contributed by atoms with van der Waals surface area (Å²) in [6.45, 7) is 3.69. The maximum atomic E-state index is 13.5. The van der Waals surface area contributed by atoms with Gasteiger partial charge in [0.2, 0.25) is 0 Å². The predicted octanol–water partition coefficient (Wildman–Crippen LogP) is 3.50. The number of hydrogen-bond donors (Lipinski definition) is 2.